The highest BCUT2D eigenvalue weighted by Gasteiger charge is 2.16. The molecule has 4 nitrogen and oxygen atoms in total. The molecule has 1 fully saturated rings. The van der Waals surface area contributed by atoms with Gasteiger partial charge in [-0.25, -0.2) is 0 Å². The highest BCUT2D eigenvalue weighted by Crippen LogP contribution is 2.16. The number of alkyl halides is 2. The summed E-state index contributed by atoms with van der Waals surface area (Å²) in [6.07, 6.45) is 3.85. The largest absolute Gasteiger partial charge is 0.435 e. The van der Waals surface area contributed by atoms with Gasteiger partial charge in [0.1, 0.15) is 12.3 Å². The quantitative estimate of drug-likeness (QED) is 0.782. The van der Waals surface area contributed by atoms with E-state index in [1.54, 1.807) is 11.0 Å². The second-order valence-corrected chi connectivity index (χ2v) is 6.85. The van der Waals surface area contributed by atoms with E-state index in [4.69, 9.17) is 0 Å². The molecule has 0 saturated carbocycles. The van der Waals surface area contributed by atoms with Gasteiger partial charge in [-0.2, -0.15) is 8.78 Å². The Balaban J connectivity index is 1.62. The Labute approximate surface area is 158 Å². The molecule has 1 amide bonds. The fourth-order valence-corrected chi connectivity index (χ4v) is 3.49. The Morgan fingerprint density at radius 2 is 1.78 bits per heavy atom. The maximum Gasteiger partial charge on any atom is 0.387 e. The average Bonchev–Trinajstić information content (AvgIpc) is 2.67. The zero-order valence-corrected chi connectivity index (χ0v) is 15.2. The van der Waals surface area contributed by atoms with Crippen LogP contribution in [-0.4, -0.2) is 25.6 Å². The number of ether oxygens (including phenoxy) is 1. The molecule has 3 rings (SSSR count). The molecule has 27 heavy (non-hydrogen) atoms. The lowest BCUT2D eigenvalue weighted by atomic mass is 10.0. The standard InChI is InChI=1S/C21H24F2N2O2/c22-21(23)27-19-10-6-9-16(13-19)20(26)24-14-17-7-2-3-8-18(17)15-25-11-4-1-5-12-25/h2-3,6-10,13,21H,1,4-5,11-12,14-15H2,(H,24,26)/p+1. The lowest BCUT2D eigenvalue weighted by Crippen LogP contribution is -3.11. The van der Waals surface area contributed by atoms with Crippen molar-refractivity contribution in [2.45, 2.75) is 39.0 Å². The molecule has 0 spiro atoms. The van der Waals surface area contributed by atoms with Gasteiger partial charge in [-0.1, -0.05) is 30.3 Å². The van der Waals surface area contributed by atoms with Crippen LogP contribution in [0.3, 0.4) is 0 Å². The normalized spacial score (nSPS) is 14.9. The molecule has 1 saturated heterocycles. The number of likely N-dealkylation sites (tertiary alicyclic amines) is 1. The first-order chi connectivity index (χ1) is 13.1. The molecule has 0 unspecified atom stereocenters. The van der Waals surface area contributed by atoms with Crippen molar-refractivity contribution in [1.29, 1.82) is 0 Å². The van der Waals surface area contributed by atoms with Gasteiger partial charge in [0.2, 0.25) is 0 Å². The van der Waals surface area contributed by atoms with Crippen LogP contribution < -0.4 is 15.0 Å². The van der Waals surface area contributed by atoms with Crippen LogP contribution in [-0.2, 0) is 13.1 Å². The number of benzene rings is 2. The number of carbonyl (C=O) groups excluding carboxylic acids is 1. The third kappa shape index (κ3) is 5.76. The maximum absolute atomic E-state index is 12.4. The number of nitrogens with one attached hydrogen (secondary N) is 2. The summed E-state index contributed by atoms with van der Waals surface area (Å²) in [4.78, 5) is 14.0. The average molecular weight is 375 g/mol. The first-order valence-corrected chi connectivity index (χ1v) is 9.35. The number of piperidine rings is 1. The minimum Gasteiger partial charge on any atom is -0.435 e. The summed E-state index contributed by atoms with van der Waals surface area (Å²) in [5, 5.41) is 2.88. The molecule has 0 radical (unpaired) electrons. The number of hydrogen-bond donors (Lipinski definition) is 2. The maximum atomic E-state index is 12.4. The van der Waals surface area contributed by atoms with E-state index >= 15 is 0 Å². The highest BCUT2D eigenvalue weighted by atomic mass is 19.3. The molecule has 1 aliphatic heterocycles. The van der Waals surface area contributed by atoms with Gasteiger partial charge < -0.3 is 15.0 Å². The van der Waals surface area contributed by atoms with Gasteiger partial charge in [-0.05, 0) is 43.0 Å². The molecule has 0 atom stereocenters. The van der Waals surface area contributed by atoms with E-state index < -0.39 is 6.61 Å². The lowest BCUT2D eigenvalue weighted by Gasteiger charge is -2.24. The van der Waals surface area contributed by atoms with Gasteiger partial charge >= 0.3 is 6.61 Å². The van der Waals surface area contributed by atoms with Crippen molar-refractivity contribution in [1.82, 2.24) is 5.32 Å². The number of hydrogen-bond acceptors (Lipinski definition) is 2. The van der Waals surface area contributed by atoms with Crippen LogP contribution in [0.4, 0.5) is 8.78 Å². The predicted octanol–water partition coefficient (Wildman–Crippen LogP) is 2.79. The van der Waals surface area contributed by atoms with E-state index in [0.29, 0.717) is 12.1 Å². The van der Waals surface area contributed by atoms with Crippen molar-refractivity contribution in [2.75, 3.05) is 13.1 Å². The SMILES string of the molecule is O=C(NCc1ccccc1C[NH+]1CCCCC1)c1cccc(OC(F)F)c1. The van der Waals surface area contributed by atoms with Gasteiger partial charge in [-0.3, -0.25) is 4.79 Å². The molecular formula is C21H25F2N2O2+. The molecule has 2 aromatic carbocycles. The Hall–Kier alpha value is -2.47. The first kappa shape index (κ1) is 19.3. The first-order valence-electron chi connectivity index (χ1n) is 9.35. The van der Waals surface area contributed by atoms with Crippen LogP contribution in [0.5, 0.6) is 5.75 Å². The Kier molecular flexibility index (Phi) is 6.76. The molecule has 2 aromatic rings. The van der Waals surface area contributed by atoms with E-state index in [1.165, 1.54) is 56.1 Å². The number of rotatable bonds is 7. The predicted molar refractivity (Wildman–Crippen MR) is 98.9 cm³/mol. The van der Waals surface area contributed by atoms with Gasteiger partial charge in [0, 0.05) is 17.7 Å². The smallest absolute Gasteiger partial charge is 0.387 e. The summed E-state index contributed by atoms with van der Waals surface area (Å²) >= 11 is 0. The number of amides is 1. The molecular weight excluding hydrogens is 350 g/mol. The van der Waals surface area contributed by atoms with Crippen LogP contribution in [0.25, 0.3) is 0 Å². The van der Waals surface area contributed by atoms with Crippen molar-refractivity contribution in [2.24, 2.45) is 0 Å². The van der Waals surface area contributed by atoms with E-state index in [9.17, 15) is 13.6 Å². The van der Waals surface area contributed by atoms with E-state index in [0.717, 1.165) is 12.1 Å². The molecule has 1 heterocycles. The van der Waals surface area contributed by atoms with Crippen molar-refractivity contribution in [3.63, 3.8) is 0 Å². The summed E-state index contributed by atoms with van der Waals surface area (Å²) in [6.45, 7) is 0.841. The van der Waals surface area contributed by atoms with E-state index in [1.807, 2.05) is 18.2 Å². The van der Waals surface area contributed by atoms with Crippen molar-refractivity contribution < 1.29 is 23.2 Å². The molecule has 2 N–H and O–H groups in total. The summed E-state index contributed by atoms with van der Waals surface area (Å²) in [5.41, 5.74) is 2.63. The third-order valence-electron chi connectivity index (χ3n) is 4.88. The van der Waals surface area contributed by atoms with Gasteiger partial charge in [-0.15, -0.1) is 0 Å². The topological polar surface area (TPSA) is 42.8 Å². The lowest BCUT2D eigenvalue weighted by molar-refractivity contribution is -0.918. The molecule has 144 valence electrons. The van der Waals surface area contributed by atoms with E-state index in [-0.39, 0.29) is 11.7 Å². The highest BCUT2D eigenvalue weighted by molar-refractivity contribution is 5.94. The second-order valence-electron chi connectivity index (χ2n) is 6.85. The fourth-order valence-electron chi connectivity index (χ4n) is 3.49. The number of halogens is 2. The summed E-state index contributed by atoms with van der Waals surface area (Å²) < 4.78 is 29.0. The van der Waals surface area contributed by atoms with Crippen molar-refractivity contribution in [3.8, 4) is 5.75 Å². The van der Waals surface area contributed by atoms with Gasteiger partial charge in [0.25, 0.3) is 5.91 Å². The van der Waals surface area contributed by atoms with Crippen LogP contribution in [0.1, 0.15) is 40.7 Å². The third-order valence-corrected chi connectivity index (χ3v) is 4.88. The van der Waals surface area contributed by atoms with Crippen molar-refractivity contribution >= 4 is 5.91 Å². The number of carbonyl (C=O) groups is 1. The van der Waals surface area contributed by atoms with Gasteiger partial charge in [0.15, 0.2) is 0 Å². The van der Waals surface area contributed by atoms with Crippen LogP contribution in [0.15, 0.2) is 48.5 Å². The zero-order valence-electron chi connectivity index (χ0n) is 15.2. The van der Waals surface area contributed by atoms with Gasteiger partial charge in [0.05, 0.1) is 13.1 Å². The fraction of sp³-hybridized carbons (Fsp3) is 0.381. The minimum absolute atomic E-state index is 0.0215. The minimum atomic E-state index is -2.91. The summed E-state index contributed by atoms with van der Waals surface area (Å²) in [7, 11) is 0. The molecule has 0 aromatic heterocycles. The summed E-state index contributed by atoms with van der Waals surface area (Å²) in [5.74, 6) is -0.332. The zero-order chi connectivity index (χ0) is 19.1. The Morgan fingerprint density at radius 3 is 2.52 bits per heavy atom. The Morgan fingerprint density at radius 1 is 1.04 bits per heavy atom. The summed E-state index contributed by atoms with van der Waals surface area (Å²) in [6, 6.07) is 14.0. The molecule has 0 bridgehead atoms. The number of quaternary nitrogens is 1. The van der Waals surface area contributed by atoms with Crippen LogP contribution >= 0.6 is 0 Å². The van der Waals surface area contributed by atoms with Crippen LogP contribution in [0.2, 0.25) is 0 Å². The molecule has 6 heteroatoms. The Bertz CT molecular complexity index is 761. The molecule has 0 aliphatic carbocycles. The molecule has 1 aliphatic rings. The van der Waals surface area contributed by atoms with Crippen molar-refractivity contribution in [3.05, 3.63) is 65.2 Å². The van der Waals surface area contributed by atoms with Crippen LogP contribution in [0, 0.1) is 0 Å². The van der Waals surface area contributed by atoms with E-state index in [2.05, 4.69) is 16.1 Å². The monoisotopic (exact) mass is 375 g/mol. The second kappa shape index (κ2) is 9.46.